The van der Waals surface area contributed by atoms with Gasteiger partial charge in [-0.2, -0.15) is 0 Å². The average molecular weight is 384 g/mol. The summed E-state index contributed by atoms with van der Waals surface area (Å²) in [4.78, 5) is 2.38. The van der Waals surface area contributed by atoms with Crippen molar-refractivity contribution in [2.24, 2.45) is 0 Å². The second-order valence-electron chi connectivity index (χ2n) is 6.81. The fraction of sp³-hybridized carbons (Fsp3) is 0.435. The number of nitrogens with zero attached hydrogens (tertiary/aromatic N) is 1. The molecule has 1 aliphatic rings. The number of morpholine rings is 1. The van der Waals surface area contributed by atoms with Gasteiger partial charge in [0, 0.05) is 19.6 Å². The normalized spacial score (nSPS) is 14.6. The molecule has 1 fully saturated rings. The molecule has 3 rings (SSSR count). The van der Waals surface area contributed by atoms with Crippen molar-refractivity contribution in [2.75, 3.05) is 53.7 Å². The fourth-order valence-electron chi connectivity index (χ4n) is 3.29. The van der Waals surface area contributed by atoms with Crippen LogP contribution in [-0.4, -0.2) is 58.6 Å². The van der Waals surface area contributed by atoms with Crippen molar-refractivity contribution >= 4 is 0 Å². The van der Waals surface area contributed by atoms with Gasteiger partial charge in [0.1, 0.15) is 12.4 Å². The Labute approximate surface area is 168 Å². The first-order valence-electron chi connectivity index (χ1n) is 9.85. The van der Waals surface area contributed by atoms with E-state index in [0.717, 1.165) is 62.9 Å². The number of hydrogen-bond donors (Lipinski definition) is 0. The molecule has 5 nitrogen and oxygen atoms in total. The zero-order chi connectivity index (χ0) is 19.6. The van der Waals surface area contributed by atoms with Crippen molar-refractivity contribution in [1.29, 1.82) is 0 Å². The summed E-state index contributed by atoms with van der Waals surface area (Å²) in [6.07, 6.45) is 4.14. The van der Waals surface area contributed by atoms with Gasteiger partial charge in [-0.05, 0) is 54.7 Å². The Morgan fingerprint density at radius 2 is 1.82 bits per heavy atom. The maximum absolute atomic E-state index is 5.94. The van der Waals surface area contributed by atoms with Crippen LogP contribution in [0.5, 0.6) is 17.2 Å². The van der Waals surface area contributed by atoms with Crippen LogP contribution in [0.1, 0.15) is 17.5 Å². The molecule has 2 aromatic rings. The summed E-state index contributed by atoms with van der Waals surface area (Å²) in [5.41, 5.74) is 2.41. The summed E-state index contributed by atoms with van der Waals surface area (Å²) in [5, 5.41) is 0. The topological polar surface area (TPSA) is 40.2 Å². The second-order valence-corrected chi connectivity index (χ2v) is 6.81. The van der Waals surface area contributed by atoms with Crippen LogP contribution < -0.4 is 14.2 Å². The van der Waals surface area contributed by atoms with Gasteiger partial charge in [-0.15, -0.1) is 0 Å². The number of benzene rings is 2. The predicted molar refractivity (Wildman–Crippen MR) is 110 cm³/mol. The maximum atomic E-state index is 5.94. The van der Waals surface area contributed by atoms with Gasteiger partial charge in [0.15, 0.2) is 11.5 Å². The number of hydrogen-bond acceptors (Lipinski definition) is 5. The Hall–Kier alpha value is -2.24. The van der Waals surface area contributed by atoms with E-state index in [2.05, 4.69) is 29.5 Å². The first-order chi connectivity index (χ1) is 13.8. The van der Waals surface area contributed by atoms with E-state index < -0.39 is 0 Å². The van der Waals surface area contributed by atoms with Gasteiger partial charge in [-0.25, -0.2) is 0 Å². The molecule has 0 amide bonds. The molecule has 0 saturated carbocycles. The van der Waals surface area contributed by atoms with Crippen LogP contribution in [0.15, 0.2) is 42.5 Å². The van der Waals surface area contributed by atoms with Gasteiger partial charge in [-0.3, -0.25) is 4.90 Å². The monoisotopic (exact) mass is 384 g/mol. The van der Waals surface area contributed by atoms with Crippen molar-refractivity contribution in [3.63, 3.8) is 0 Å². The molecule has 151 valence electrons. The Balaban J connectivity index is 1.44. The van der Waals surface area contributed by atoms with Crippen LogP contribution in [0.4, 0.5) is 0 Å². The summed E-state index contributed by atoms with van der Waals surface area (Å²) in [6, 6.07) is 14.4. The molecule has 0 aromatic heterocycles. The maximum Gasteiger partial charge on any atom is 0.160 e. The van der Waals surface area contributed by atoms with Crippen molar-refractivity contribution < 1.29 is 18.9 Å². The summed E-state index contributed by atoms with van der Waals surface area (Å²) in [5.74, 6) is 2.46. The predicted octanol–water partition coefficient (Wildman–Crippen LogP) is 3.60. The Kier molecular flexibility index (Phi) is 8.00. The van der Waals surface area contributed by atoms with E-state index in [4.69, 9.17) is 18.9 Å². The molecule has 1 heterocycles. The van der Waals surface area contributed by atoms with Gasteiger partial charge in [0.25, 0.3) is 0 Å². The fourth-order valence-corrected chi connectivity index (χ4v) is 3.29. The minimum atomic E-state index is 0.703. The molecule has 2 aromatic carbocycles. The van der Waals surface area contributed by atoms with E-state index in [9.17, 15) is 0 Å². The molecule has 0 N–H and O–H groups in total. The highest BCUT2D eigenvalue weighted by Crippen LogP contribution is 2.28. The summed E-state index contributed by atoms with van der Waals surface area (Å²) >= 11 is 0. The molecule has 28 heavy (non-hydrogen) atoms. The van der Waals surface area contributed by atoms with E-state index in [1.807, 2.05) is 24.3 Å². The second kappa shape index (κ2) is 10.9. The van der Waals surface area contributed by atoms with Crippen LogP contribution in [0.3, 0.4) is 0 Å². The van der Waals surface area contributed by atoms with Gasteiger partial charge >= 0.3 is 0 Å². The number of aryl methyl sites for hydroxylation is 1. The van der Waals surface area contributed by atoms with Gasteiger partial charge in [0.2, 0.25) is 0 Å². The smallest absolute Gasteiger partial charge is 0.160 e. The molecule has 1 saturated heterocycles. The van der Waals surface area contributed by atoms with Crippen LogP contribution >= 0.6 is 0 Å². The van der Waals surface area contributed by atoms with E-state index in [-0.39, 0.29) is 0 Å². The number of ether oxygens (including phenoxy) is 4. The standard InChI is InChI=1S/C23H30NO4/c1-25-22-10-9-20(18-23(22)26-2)6-3-5-19-7-4-8-21(17-19)28-16-13-24-11-14-27-15-12-24/h4-5,7-10,17-18H,3,6,11-16H2,1-2H3. The summed E-state index contributed by atoms with van der Waals surface area (Å²) in [6.45, 7) is 5.28. The third kappa shape index (κ3) is 6.14. The molecular formula is C23H30NO4. The van der Waals surface area contributed by atoms with E-state index in [0.29, 0.717) is 6.61 Å². The minimum Gasteiger partial charge on any atom is -0.493 e. The van der Waals surface area contributed by atoms with E-state index in [1.165, 1.54) is 11.1 Å². The quantitative estimate of drug-likeness (QED) is 0.626. The van der Waals surface area contributed by atoms with Crippen molar-refractivity contribution in [1.82, 2.24) is 4.90 Å². The highest BCUT2D eigenvalue weighted by atomic mass is 16.5. The zero-order valence-electron chi connectivity index (χ0n) is 16.9. The van der Waals surface area contributed by atoms with Crippen molar-refractivity contribution in [3.05, 3.63) is 60.0 Å². The highest BCUT2D eigenvalue weighted by Gasteiger charge is 2.10. The lowest BCUT2D eigenvalue weighted by Gasteiger charge is -2.26. The molecule has 1 aliphatic heterocycles. The first-order valence-corrected chi connectivity index (χ1v) is 9.85. The van der Waals surface area contributed by atoms with Gasteiger partial charge in [0.05, 0.1) is 27.4 Å². The third-order valence-corrected chi connectivity index (χ3v) is 4.90. The van der Waals surface area contributed by atoms with Gasteiger partial charge < -0.3 is 18.9 Å². The van der Waals surface area contributed by atoms with Crippen LogP contribution in [0.2, 0.25) is 0 Å². The van der Waals surface area contributed by atoms with Crippen LogP contribution in [0.25, 0.3) is 0 Å². The third-order valence-electron chi connectivity index (χ3n) is 4.90. The molecule has 0 unspecified atom stereocenters. The van der Waals surface area contributed by atoms with Crippen molar-refractivity contribution in [2.45, 2.75) is 12.8 Å². The lowest BCUT2D eigenvalue weighted by molar-refractivity contribution is 0.0322. The zero-order valence-corrected chi connectivity index (χ0v) is 16.9. The summed E-state index contributed by atoms with van der Waals surface area (Å²) in [7, 11) is 3.32. The Bertz CT molecular complexity index is 728. The largest absolute Gasteiger partial charge is 0.493 e. The first kappa shape index (κ1) is 20.5. The van der Waals surface area contributed by atoms with Crippen LogP contribution in [0, 0.1) is 6.42 Å². The molecule has 0 spiro atoms. The van der Waals surface area contributed by atoms with Crippen LogP contribution in [-0.2, 0) is 11.2 Å². The molecule has 1 radical (unpaired) electrons. The average Bonchev–Trinajstić information content (AvgIpc) is 2.75. The number of rotatable bonds is 10. The molecule has 5 heteroatoms. The summed E-state index contributed by atoms with van der Waals surface area (Å²) < 4.78 is 22.0. The molecular weight excluding hydrogens is 354 g/mol. The highest BCUT2D eigenvalue weighted by molar-refractivity contribution is 5.43. The molecule has 0 aliphatic carbocycles. The molecule has 0 atom stereocenters. The van der Waals surface area contributed by atoms with Gasteiger partial charge in [-0.1, -0.05) is 18.2 Å². The lowest BCUT2D eigenvalue weighted by atomic mass is 10.0. The number of methoxy groups -OCH3 is 2. The SMILES string of the molecule is COc1ccc(CC[CH]c2cccc(OCCN3CCOCC3)c2)cc1OC. The van der Waals surface area contributed by atoms with Crippen molar-refractivity contribution in [3.8, 4) is 17.2 Å². The Morgan fingerprint density at radius 1 is 1.00 bits per heavy atom. The van der Waals surface area contributed by atoms with E-state index in [1.54, 1.807) is 14.2 Å². The van der Waals surface area contributed by atoms with E-state index >= 15 is 0 Å². The lowest BCUT2D eigenvalue weighted by Crippen LogP contribution is -2.38. The Morgan fingerprint density at radius 3 is 2.61 bits per heavy atom. The minimum absolute atomic E-state index is 0.703. The molecule has 0 bridgehead atoms.